The standard InChI is InChI=1S/C16H24BrFN2/c1-16(2,20-8-4-3-5-9-20)15(19)11-12-10-13(18)6-7-14(12)17/h6-7,10,15H,3-5,8-9,11,19H2,1-2H3. The van der Waals surface area contributed by atoms with Crippen LogP contribution in [0.3, 0.4) is 0 Å². The van der Waals surface area contributed by atoms with E-state index in [2.05, 4.69) is 34.7 Å². The Morgan fingerprint density at radius 1 is 1.30 bits per heavy atom. The lowest BCUT2D eigenvalue weighted by atomic mass is 9.87. The van der Waals surface area contributed by atoms with Crippen molar-refractivity contribution in [3.05, 3.63) is 34.1 Å². The van der Waals surface area contributed by atoms with Gasteiger partial charge >= 0.3 is 0 Å². The van der Waals surface area contributed by atoms with Gasteiger partial charge in [0.05, 0.1) is 0 Å². The summed E-state index contributed by atoms with van der Waals surface area (Å²) in [5, 5.41) is 0. The zero-order valence-corrected chi connectivity index (χ0v) is 13.9. The lowest BCUT2D eigenvalue weighted by molar-refractivity contribution is 0.0731. The molecule has 0 saturated carbocycles. The van der Waals surface area contributed by atoms with Crippen LogP contribution in [0.1, 0.15) is 38.7 Å². The van der Waals surface area contributed by atoms with E-state index in [4.69, 9.17) is 5.73 Å². The number of nitrogens with two attached hydrogens (primary N) is 1. The molecule has 0 aromatic heterocycles. The fraction of sp³-hybridized carbons (Fsp3) is 0.625. The van der Waals surface area contributed by atoms with Gasteiger partial charge in [-0.1, -0.05) is 22.4 Å². The molecule has 0 amide bonds. The number of hydrogen-bond donors (Lipinski definition) is 1. The third kappa shape index (κ3) is 3.60. The Labute approximate surface area is 129 Å². The molecule has 0 radical (unpaired) electrons. The van der Waals surface area contributed by atoms with E-state index >= 15 is 0 Å². The van der Waals surface area contributed by atoms with E-state index in [1.807, 2.05) is 0 Å². The minimum atomic E-state index is -0.203. The fourth-order valence-corrected chi connectivity index (χ4v) is 3.30. The van der Waals surface area contributed by atoms with Crippen molar-refractivity contribution in [3.8, 4) is 0 Å². The molecule has 0 spiro atoms. The predicted molar refractivity (Wildman–Crippen MR) is 85.3 cm³/mol. The van der Waals surface area contributed by atoms with Crippen molar-refractivity contribution in [1.29, 1.82) is 0 Å². The van der Waals surface area contributed by atoms with Crippen molar-refractivity contribution in [2.24, 2.45) is 5.73 Å². The van der Waals surface area contributed by atoms with Gasteiger partial charge in [-0.3, -0.25) is 4.90 Å². The van der Waals surface area contributed by atoms with Crippen LogP contribution >= 0.6 is 15.9 Å². The average molecular weight is 343 g/mol. The van der Waals surface area contributed by atoms with E-state index in [0.29, 0.717) is 6.42 Å². The molecule has 112 valence electrons. The maximum atomic E-state index is 13.4. The van der Waals surface area contributed by atoms with Crippen molar-refractivity contribution in [3.63, 3.8) is 0 Å². The highest BCUT2D eigenvalue weighted by Crippen LogP contribution is 2.27. The number of benzene rings is 1. The molecule has 0 bridgehead atoms. The Balaban J connectivity index is 2.09. The molecule has 20 heavy (non-hydrogen) atoms. The quantitative estimate of drug-likeness (QED) is 0.903. The molecule has 1 aromatic rings. The number of likely N-dealkylation sites (tertiary alicyclic amines) is 1. The Morgan fingerprint density at radius 3 is 2.60 bits per heavy atom. The van der Waals surface area contributed by atoms with Gasteiger partial charge < -0.3 is 5.73 Å². The molecular weight excluding hydrogens is 319 g/mol. The predicted octanol–water partition coefficient (Wildman–Crippen LogP) is 3.72. The molecule has 1 aliphatic rings. The zero-order chi connectivity index (χ0) is 14.8. The minimum absolute atomic E-state index is 0.0151. The van der Waals surface area contributed by atoms with E-state index in [1.165, 1.54) is 25.3 Å². The van der Waals surface area contributed by atoms with Gasteiger partial charge in [0, 0.05) is 16.1 Å². The number of piperidine rings is 1. The normalized spacial score (nSPS) is 19.1. The molecule has 1 aliphatic heterocycles. The third-order valence-corrected chi connectivity index (χ3v) is 5.30. The molecule has 2 nitrogen and oxygen atoms in total. The summed E-state index contributed by atoms with van der Waals surface area (Å²) in [4.78, 5) is 2.48. The van der Waals surface area contributed by atoms with Crippen molar-refractivity contribution in [2.45, 2.75) is 51.1 Å². The second-order valence-corrected chi connectivity index (χ2v) is 7.10. The molecule has 1 unspecified atom stereocenters. The van der Waals surface area contributed by atoms with E-state index in [9.17, 15) is 4.39 Å². The summed E-state index contributed by atoms with van der Waals surface area (Å²) in [5.41, 5.74) is 7.33. The highest BCUT2D eigenvalue weighted by molar-refractivity contribution is 9.10. The van der Waals surface area contributed by atoms with Crippen molar-refractivity contribution in [2.75, 3.05) is 13.1 Å². The molecule has 1 atom stereocenters. The zero-order valence-electron chi connectivity index (χ0n) is 12.3. The van der Waals surface area contributed by atoms with Crippen LogP contribution in [0.5, 0.6) is 0 Å². The first kappa shape index (κ1) is 15.9. The van der Waals surface area contributed by atoms with Crippen LogP contribution < -0.4 is 5.73 Å². The molecule has 1 fully saturated rings. The first-order chi connectivity index (χ1) is 9.41. The highest BCUT2D eigenvalue weighted by atomic mass is 79.9. The van der Waals surface area contributed by atoms with Gasteiger partial charge in [0.2, 0.25) is 0 Å². The summed E-state index contributed by atoms with van der Waals surface area (Å²) in [6.45, 7) is 6.64. The number of hydrogen-bond acceptors (Lipinski definition) is 2. The molecule has 2 N–H and O–H groups in total. The molecule has 1 heterocycles. The maximum Gasteiger partial charge on any atom is 0.123 e. The maximum absolute atomic E-state index is 13.4. The van der Waals surface area contributed by atoms with E-state index in [-0.39, 0.29) is 17.4 Å². The second-order valence-electron chi connectivity index (χ2n) is 6.25. The molecule has 0 aliphatic carbocycles. The minimum Gasteiger partial charge on any atom is -0.326 e. The van der Waals surface area contributed by atoms with Crippen LogP contribution in [0.2, 0.25) is 0 Å². The fourth-order valence-electron chi connectivity index (χ4n) is 2.89. The van der Waals surface area contributed by atoms with Crippen molar-refractivity contribution in [1.82, 2.24) is 4.90 Å². The van der Waals surface area contributed by atoms with Gasteiger partial charge in [-0.2, -0.15) is 0 Å². The van der Waals surface area contributed by atoms with E-state index in [1.54, 1.807) is 12.1 Å². The van der Waals surface area contributed by atoms with Gasteiger partial charge in [-0.05, 0) is 70.0 Å². The second kappa shape index (κ2) is 6.54. The van der Waals surface area contributed by atoms with E-state index in [0.717, 1.165) is 23.1 Å². The summed E-state index contributed by atoms with van der Waals surface area (Å²) in [7, 11) is 0. The number of nitrogens with zero attached hydrogens (tertiary/aromatic N) is 1. The Bertz CT molecular complexity index is 456. The summed E-state index contributed by atoms with van der Waals surface area (Å²) in [6.07, 6.45) is 4.50. The summed E-state index contributed by atoms with van der Waals surface area (Å²) >= 11 is 3.49. The Hall–Kier alpha value is -0.450. The first-order valence-corrected chi connectivity index (χ1v) is 8.15. The largest absolute Gasteiger partial charge is 0.326 e. The lowest BCUT2D eigenvalue weighted by Gasteiger charge is -2.44. The summed E-state index contributed by atoms with van der Waals surface area (Å²) in [6, 6.07) is 4.79. The van der Waals surface area contributed by atoms with Crippen LogP contribution in [0, 0.1) is 5.82 Å². The van der Waals surface area contributed by atoms with E-state index < -0.39 is 0 Å². The molecule has 2 rings (SSSR count). The van der Waals surface area contributed by atoms with Gasteiger partial charge in [-0.25, -0.2) is 4.39 Å². The third-order valence-electron chi connectivity index (χ3n) is 4.53. The topological polar surface area (TPSA) is 29.3 Å². The smallest absolute Gasteiger partial charge is 0.123 e. The van der Waals surface area contributed by atoms with Crippen LogP contribution in [0.4, 0.5) is 4.39 Å². The van der Waals surface area contributed by atoms with Gasteiger partial charge in [0.25, 0.3) is 0 Å². The molecule has 1 aromatic carbocycles. The Morgan fingerprint density at radius 2 is 1.95 bits per heavy atom. The van der Waals surface area contributed by atoms with Gasteiger partial charge in [0.1, 0.15) is 5.82 Å². The van der Waals surface area contributed by atoms with Crippen LogP contribution in [-0.2, 0) is 6.42 Å². The highest BCUT2D eigenvalue weighted by Gasteiger charge is 2.34. The number of rotatable bonds is 4. The van der Waals surface area contributed by atoms with Gasteiger partial charge in [0.15, 0.2) is 0 Å². The number of halogens is 2. The molecule has 4 heteroatoms. The summed E-state index contributed by atoms with van der Waals surface area (Å²) in [5.74, 6) is -0.203. The van der Waals surface area contributed by atoms with Crippen molar-refractivity contribution >= 4 is 15.9 Å². The monoisotopic (exact) mass is 342 g/mol. The first-order valence-electron chi connectivity index (χ1n) is 7.36. The summed E-state index contributed by atoms with van der Waals surface area (Å²) < 4.78 is 14.3. The van der Waals surface area contributed by atoms with Crippen LogP contribution in [0.15, 0.2) is 22.7 Å². The lowest BCUT2D eigenvalue weighted by Crippen LogP contribution is -2.58. The average Bonchev–Trinajstić information content (AvgIpc) is 2.43. The van der Waals surface area contributed by atoms with Crippen LogP contribution in [-0.4, -0.2) is 29.6 Å². The Kier molecular flexibility index (Phi) is 5.21. The van der Waals surface area contributed by atoms with Crippen molar-refractivity contribution < 1.29 is 4.39 Å². The molecular formula is C16H24BrFN2. The van der Waals surface area contributed by atoms with Crippen LogP contribution in [0.25, 0.3) is 0 Å². The SMILES string of the molecule is CC(C)(C(N)Cc1cc(F)ccc1Br)N1CCCCC1. The molecule has 1 saturated heterocycles. The van der Waals surface area contributed by atoms with Gasteiger partial charge in [-0.15, -0.1) is 0 Å².